The molecule has 0 saturated carbocycles. The van der Waals surface area contributed by atoms with Crippen molar-refractivity contribution >= 4 is 41.5 Å². The van der Waals surface area contributed by atoms with Crippen molar-refractivity contribution < 1.29 is 9.53 Å². The first-order valence-corrected chi connectivity index (χ1v) is 10.8. The lowest BCUT2D eigenvalue weighted by atomic mass is 10.1. The second-order valence-electron chi connectivity index (χ2n) is 7.99. The zero-order chi connectivity index (χ0) is 22.5. The standard InChI is InChI=1S/C23H29N7O2.HI/c1-16-14-29(15-17(2)32-16)22(31)19-9-7-18(8-10-19)12-25-23(24-3)26-13-21-28-27-20-6-4-5-11-30(20)21;/h4-11,16-17H,12-15H2,1-3H3,(H2,24,25,26);1H. The van der Waals surface area contributed by atoms with Gasteiger partial charge >= 0.3 is 0 Å². The molecule has 0 aliphatic carbocycles. The molecule has 9 nitrogen and oxygen atoms in total. The Morgan fingerprint density at radius 1 is 1.06 bits per heavy atom. The van der Waals surface area contributed by atoms with E-state index in [0.29, 0.717) is 37.7 Å². The molecular formula is C23H30IN7O2. The third-order valence-corrected chi connectivity index (χ3v) is 5.39. The minimum atomic E-state index is 0. The molecule has 2 aromatic heterocycles. The predicted octanol–water partition coefficient (Wildman–Crippen LogP) is 2.46. The number of hydrogen-bond donors (Lipinski definition) is 2. The molecule has 0 radical (unpaired) electrons. The van der Waals surface area contributed by atoms with Gasteiger partial charge in [0.1, 0.15) is 0 Å². The van der Waals surface area contributed by atoms with Crippen molar-refractivity contribution in [3.8, 4) is 0 Å². The first-order chi connectivity index (χ1) is 15.5. The second kappa shape index (κ2) is 11.4. The van der Waals surface area contributed by atoms with Crippen molar-refractivity contribution in [1.29, 1.82) is 0 Å². The second-order valence-corrected chi connectivity index (χ2v) is 7.99. The van der Waals surface area contributed by atoms with Crippen LogP contribution in [-0.2, 0) is 17.8 Å². The van der Waals surface area contributed by atoms with Gasteiger partial charge in [0.15, 0.2) is 17.4 Å². The molecule has 2 atom stereocenters. The van der Waals surface area contributed by atoms with E-state index in [-0.39, 0.29) is 42.1 Å². The Hall–Kier alpha value is -2.73. The third-order valence-electron chi connectivity index (χ3n) is 5.39. The Balaban J connectivity index is 0.00000306. The highest BCUT2D eigenvalue weighted by Crippen LogP contribution is 2.15. The van der Waals surface area contributed by atoms with Gasteiger partial charge in [-0.25, -0.2) is 0 Å². The number of morpholine rings is 1. The quantitative estimate of drug-likeness (QED) is 0.282. The van der Waals surface area contributed by atoms with E-state index < -0.39 is 0 Å². The lowest BCUT2D eigenvalue weighted by molar-refractivity contribution is -0.0586. The Kier molecular flexibility index (Phi) is 8.61. The monoisotopic (exact) mass is 563 g/mol. The average Bonchev–Trinajstić information content (AvgIpc) is 3.21. The van der Waals surface area contributed by atoms with Crippen LogP contribution in [0.2, 0.25) is 0 Å². The predicted molar refractivity (Wildman–Crippen MR) is 138 cm³/mol. The minimum absolute atomic E-state index is 0. The fourth-order valence-corrected chi connectivity index (χ4v) is 3.87. The smallest absolute Gasteiger partial charge is 0.254 e. The summed E-state index contributed by atoms with van der Waals surface area (Å²) in [6.07, 6.45) is 2.05. The van der Waals surface area contributed by atoms with E-state index in [0.717, 1.165) is 17.0 Å². The molecule has 1 aromatic carbocycles. The fourth-order valence-electron chi connectivity index (χ4n) is 3.87. The van der Waals surface area contributed by atoms with Crippen molar-refractivity contribution in [2.24, 2.45) is 4.99 Å². The molecule has 1 fully saturated rings. The van der Waals surface area contributed by atoms with E-state index in [4.69, 9.17) is 4.74 Å². The summed E-state index contributed by atoms with van der Waals surface area (Å²) in [6.45, 7) is 6.31. The maximum Gasteiger partial charge on any atom is 0.254 e. The van der Waals surface area contributed by atoms with E-state index in [9.17, 15) is 4.79 Å². The molecule has 0 spiro atoms. The van der Waals surface area contributed by atoms with Crippen LogP contribution in [0.3, 0.4) is 0 Å². The van der Waals surface area contributed by atoms with Crippen LogP contribution < -0.4 is 10.6 Å². The minimum Gasteiger partial charge on any atom is -0.372 e. The first kappa shape index (κ1) is 24.9. The summed E-state index contributed by atoms with van der Waals surface area (Å²) in [5.74, 6) is 1.51. The number of hydrogen-bond acceptors (Lipinski definition) is 5. The Morgan fingerprint density at radius 2 is 1.76 bits per heavy atom. The number of guanidine groups is 1. The van der Waals surface area contributed by atoms with E-state index >= 15 is 0 Å². The summed E-state index contributed by atoms with van der Waals surface area (Å²) >= 11 is 0. The Labute approximate surface area is 210 Å². The van der Waals surface area contributed by atoms with Crippen LogP contribution in [0, 0.1) is 0 Å². The number of benzene rings is 1. The van der Waals surface area contributed by atoms with Gasteiger partial charge in [0.05, 0.1) is 18.8 Å². The van der Waals surface area contributed by atoms with Crippen LogP contribution in [0.25, 0.3) is 5.65 Å². The highest BCUT2D eigenvalue weighted by atomic mass is 127. The number of aromatic nitrogens is 3. The topological polar surface area (TPSA) is 96.2 Å². The van der Waals surface area contributed by atoms with Gasteiger partial charge in [0, 0.05) is 38.4 Å². The van der Waals surface area contributed by atoms with Crippen LogP contribution >= 0.6 is 24.0 Å². The van der Waals surface area contributed by atoms with Gasteiger partial charge in [-0.15, -0.1) is 34.2 Å². The largest absolute Gasteiger partial charge is 0.372 e. The summed E-state index contributed by atoms with van der Waals surface area (Å²) in [6, 6.07) is 13.5. The molecule has 0 bridgehead atoms. The van der Waals surface area contributed by atoms with Crippen LogP contribution in [0.5, 0.6) is 0 Å². The van der Waals surface area contributed by atoms with Gasteiger partial charge in [-0.2, -0.15) is 0 Å². The average molecular weight is 563 g/mol. The Morgan fingerprint density at radius 3 is 2.45 bits per heavy atom. The van der Waals surface area contributed by atoms with E-state index in [2.05, 4.69) is 25.8 Å². The third kappa shape index (κ3) is 6.20. The van der Waals surface area contributed by atoms with Crippen molar-refractivity contribution in [3.05, 3.63) is 65.6 Å². The Bertz CT molecular complexity index is 1090. The van der Waals surface area contributed by atoms with Crippen LogP contribution in [0.15, 0.2) is 53.7 Å². The van der Waals surface area contributed by atoms with Crippen LogP contribution in [0.4, 0.5) is 0 Å². The molecule has 3 heterocycles. The lowest BCUT2D eigenvalue weighted by Crippen LogP contribution is -2.48. The van der Waals surface area contributed by atoms with Crippen LogP contribution in [-0.4, -0.2) is 63.7 Å². The molecule has 1 aliphatic heterocycles. The summed E-state index contributed by atoms with van der Waals surface area (Å²) < 4.78 is 7.66. The molecule has 10 heteroatoms. The molecule has 1 aliphatic rings. The summed E-state index contributed by atoms with van der Waals surface area (Å²) in [5, 5.41) is 14.9. The SMILES string of the molecule is CN=C(NCc1ccc(C(=O)N2CC(C)OC(C)C2)cc1)NCc1nnc2ccccn12.I. The molecule has 176 valence electrons. The molecule has 1 amide bonds. The maximum absolute atomic E-state index is 12.8. The van der Waals surface area contributed by atoms with Gasteiger partial charge in [0.25, 0.3) is 5.91 Å². The van der Waals surface area contributed by atoms with E-state index in [1.165, 1.54) is 0 Å². The highest BCUT2D eigenvalue weighted by Gasteiger charge is 2.26. The van der Waals surface area contributed by atoms with Crippen molar-refractivity contribution in [2.45, 2.75) is 39.1 Å². The molecular weight excluding hydrogens is 533 g/mol. The molecule has 4 rings (SSSR count). The maximum atomic E-state index is 12.8. The number of pyridine rings is 1. The zero-order valence-electron chi connectivity index (χ0n) is 19.1. The van der Waals surface area contributed by atoms with Gasteiger partial charge < -0.3 is 20.3 Å². The summed E-state index contributed by atoms with van der Waals surface area (Å²) in [4.78, 5) is 19.0. The fraction of sp³-hybridized carbons (Fsp3) is 0.391. The van der Waals surface area contributed by atoms with Crippen molar-refractivity contribution in [3.63, 3.8) is 0 Å². The van der Waals surface area contributed by atoms with E-state index in [1.54, 1.807) is 7.05 Å². The highest BCUT2D eigenvalue weighted by molar-refractivity contribution is 14.0. The number of ether oxygens (including phenoxy) is 1. The normalized spacial score (nSPS) is 18.6. The van der Waals surface area contributed by atoms with Gasteiger partial charge in [-0.3, -0.25) is 14.2 Å². The van der Waals surface area contributed by atoms with Gasteiger partial charge in [-0.1, -0.05) is 18.2 Å². The number of fused-ring (bicyclic) bond motifs is 1. The number of carbonyl (C=O) groups is 1. The number of amides is 1. The number of halogens is 1. The van der Waals surface area contributed by atoms with Gasteiger partial charge in [-0.05, 0) is 43.7 Å². The number of nitrogens with one attached hydrogen (secondary N) is 2. The number of carbonyl (C=O) groups excluding carboxylic acids is 1. The molecule has 2 N–H and O–H groups in total. The zero-order valence-corrected chi connectivity index (χ0v) is 21.4. The van der Waals surface area contributed by atoms with Crippen molar-refractivity contribution in [2.75, 3.05) is 20.1 Å². The number of rotatable bonds is 5. The van der Waals surface area contributed by atoms with E-state index in [1.807, 2.05) is 71.8 Å². The summed E-state index contributed by atoms with van der Waals surface area (Å²) in [5.41, 5.74) is 2.56. The number of nitrogens with zero attached hydrogens (tertiary/aromatic N) is 5. The molecule has 1 saturated heterocycles. The molecule has 3 aromatic rings. The summed E-state index contributed by atoms with van der Waals surface area (Å²) in [7, 11) is 1.73. The van der Waals surface area contributed by atoms with Gasteiger partial charge in [0.2, 0.25) is 0 Å². The number of aliphatic imine (C=N–C) groups is 1. The first-order valence-electron chi connectivity index (χ1n) is 10.8. The molecule has 2 unspecified atom stereocenters. The molecule has 33 heavy (non-hydrogen) atoms. The van der Waals surface area contributed by atoms with Crippen molar-refractivity contribution in [1.82, 2.24) is 30.1 Å². The van der Waals surface area contributed by atoms with Crippen LogP contribution in [0.1, 0.15) is 35.6 Å². The lowest BCUT2D eigenvalue weighted by Gasteiger charge is -2.35.